The third-order valence-electron chi connectivity index (χ3n) is 4.93. The second kappa shape index (κ2) is 7.62. The molecule has 2 unspecified atom stereocenters. The third kappa shape index (κ3) is 3.67. The number of hydrogen-bond acceptors (Lipinski definition) is 3. The fourth-order valence-electron chi connectivity index (χ4n) is 3.43. The van der Waals surface area contributed by atoms with E-state index >= 15 is 0 Å². The number of nitrogens with one attached hydrogen (secondary N) is 1. The highest BCUT2D eigenvalue weighted by atomic mass is 16.3. The molecule has 0 aliphatic heterocycles. The van der Waals surface area contributed by atoms with Crippen LogP contribution in [0.2, 0.25) is 0 Å². The van der Waals surface area contributed by atoms with Crippen LogP contribution >= 0.6 is 0 Å². The molecule has 0 radical (unpaired) electrons. The van der Waals surface area contributed by atoms with Crippen LogP contribution in [0.5, 0.6) is 0 Å². The number of carbonyl (C=O) groups is 1. The first kappa shape index (κ1) is 16.7. The van der Waals surface area contributed by atoms with Gasteiger partial charge >= 0.3 is 0 Å². The predicted molar refractivity (Wildman–Crippen MR) is 92.3 cm³/mol. The summed E-state index contributed by atoms with van der Waals surface area (Å²) >= 11 is 0. The summed E-state index contributed by atoms with van der Waals surface area (Å²) in [7, 11) is 0. The summed E-state index contributed by atoms with van der Waals surface area (Å²) in [5, 5.41) is 16.4. The van der Waals surface area contributed by atoms with Crippen LogP contribution < -0.4 is 0 Å². The van der Waals surface area contributed by atoms with Crippen molar-refractivity contribution in [1.29, 1.82) is 0 Å². The molecule has 1 aliphatic rings. The molecule has 128 valence electrons. The van der Waals surface area contributed by atoms with Crippen molar-refractivity contribution < 1.29 is 9.90 Å². The minimum Gasteiger partial charge on any atom is -0.396 e. The van der Waals surface area contributed by atoms with E-state index in [4.69, 9.17) is 0 Å². The van der Waals surface area contributed by atoms with E-state index in [1.807, 2.05) is 48.4 Å². The van der Waals surface area contributed by atoms with E-state index in [0.29, 0.717) is 13.0 Å². The Morgan fingerprint density at radius 2 is 2.21 bits per heavy atom. The smallest absolute Gasteiger partial charge is 0.226 e. The molecule has 1 aliphatic carbocycles. The number of rotatable bonds is 6. The molecule has 0 fully saturated rings. The number of amides is 1. The lowest BCUT2D eigenvalue weighted by atomic mass is 9.86. The zero-order valence-electron chi connectivity index (χ0n) is 14.1. The first-order valence-corrected chi connectivity index (χ1v) is 8.65. The maximum atomic E-state index is 13.2. The van der Waals surface area contributed by atoms with Gasteiger partial charge < -0.3 is 10.0 Å². The Morgan fingerprint density at radius 3 is 2.96 bits per heavy atom. The van der Waals surface area contributed by atoms with E-state index in [0.717, 1.165) is 30.5 Å². The fourth-order valence-corrected chi connectivity index (χ4v) is 3.43. The molecular formula is C19H25N3O2. The molecule has 2 aromatic rings. The van der Waals surface area contributed by atoms with Gasteiger partial charge in [-0.25, -0.2) is 0 Å². The normalized spacial score (nSPS) is 18.0. The molecule has 1 amide bonds. The number of aliphatic hydroxyl groups is 1. The molecule has 0 spiro atoms. The van der Waals surface area contributed by atoms with Gasteiger partial charge in [0.15, 0.2) is 0 Å². The van der Waals surface area contributed by atoms with E-state index in [1.54, 1.807) is 0 Å². The highest BCUT2D eigenvalue weighted by molar-refractivity contribution is 5.79. The van der Waals surface area contributed by atoms with Gasteiger partial charge in [0, 0.05) is 37.2 Å². The summed E-state index contributed by atoms with van der Waals surface area (Å²) < 4.78 is 0. The van der Waals surface area contributed by atoms with E-state index in [-0.39, 0.29) is 24.5 Å². The third-order valence-corrected chi connectivity index (χ3v) is 4.93. The Kier molecular flexibility index (Phi) is 5.30. The van der Waals surface area contributed by atoms with Crippen molar-refractivity contribution in [2.75, 3.05) is 6.61 Å². The van der Waals surface area contributed by atoms with Gasteiger partial charge in [0.25, 0.3) is 0 Å². The Labute approximate surface area is 142 Å². The Bertz CT molecular complexity index is 668. The molecular weight excluding hydrogens is 302 g/mol. The molecule has 1 heterocycles. The summed E-state index contributed by atoms with van der Waals surface area (Å²) in [5.41, 5.74) is 3.44. The van der Waals surface area contributed by atoms with Crippen LogP contribution in [0.1, 0.15) is 36.6 Å². The number of aromatic nitrogens is 2. The average Bonchev–Trinajstić information content (AvgIpc) is 3.08. The van der Waals surface area contributed by atoms with E-state index in [9.17, 15) is 9.90 Å². The molecule has 2 atom stereocenters. The van der Waals surface area contributed by atoms with Crippen molar-refractivity contribution in [2.45, 2.75) is 45.2 Å². The molecule has 1 aromatic carbocycles. The zero-order chi connectivity index (χ0) is 16.9. The van der Waals surface area contributed by atoms with Crippen molar-refractivity contribution in [3.63, 3.8) is 0 Å². The minimum atomic E-state index is -0.0113. The average molecular weight is 327 g/mol. The van der Waals surface area contributed by atoms with E-state index < -0.39 is 0 Å². The van der Waals surface area contributed by atoms with E-state index in [2.05, 4.69) is 10.2 Å². The van der Waals surface area contributed by atoms with Crippen LogP contribution in [-0.4, -0.2) is 38.8 Å². The van der Waals surface area contributed by atoms with Gasteiger partial charge in [-0.1, -0.05) is 30.3 Å². The summed E-state index contributed by atoms with van der Waals surface area (Å²) in [6, 6.07) is 10.1. The lowest BCUT2D eigenvalue weighted by Gasteiger charge is -2.33. The van der Waals surface area contributed by atoms with Crippen LogP contribution in [0.25, 0.3) is 0 Å². The number of carbonyl (C=O) groups excluding carboxylic acids is 1. The molecule has 0 bridgehead atoms. The second-order valence-electron chi connectivity index (χ2n) is 6.63. The quantitative estimate of drug-likeness (QED) is 0.855. The van der Waals surface area contributed by atoms with Gasteiger partial charge in [0.05, 0.1) is 6.20 Å². The van der Waals surface area contributed by atoms with Gasteiger partial charge in [0.1, 0.15) is 0 Å². The topological polar surface area (TPSA) is 69.2 Å². The van der Waals surface area contributed by atoms with Crippen LogP contribution in [-0.2, 0) is 24.2 Å². The molecule has 2 N–H and O–H groups in total. The lowest BCUT2D eigenvalue weighted by molar-refractivity contribution is -0.139. The number of H-pyrrole nitrogens is 1. The predicted octanol–water partition coefficient (Wildman–Crippen LogP) is 2.31. The maximum Gasteiger partial charge on any atom is 0.226 e. The van der Waals surface area contributed by atoms with Gasteiger partial charge in [-0.15, -0.1) is 0 Å². The molecule has 1 aromatic heterocycles. The van der Waals surface area contributed by atoms with Crippen LogP contribution in [0.4, 0.5) is 0 Å². The number of aliphatic hydroxyl groups excluding tert-OH is 1. The molecule has 24 heavy (non-hydrogen) atoms. The molecule has 3 rings (SSSR count). The molecule has 5 nitrogen and oxygen atoms in total. The molecule has 5 heteroatoms. The zero-order valence-corrected chi connectivity index (χ0v) is 14.1. The molecule has 0 saturated heterocycles. The van der Waals surface area contributed by atoms with Crippen molar-refractivity contribution in [3.8, 4) is 0 Å². The number of fused-ring (bicyclic) bond motifs is 1. The minimum absolute atomic E-state index is 0.0113. The summed E-state index contributed by atoms with van der Waals surface area (Å²) in [6.07, 6.45) is 4.95. The maximum absolute atomic E-state index is 13.2. The van der Waals surface area contributed by atoms with Crippen molar-refractivity contribution in [2.24, 2.45) is 5.92 Å². The van der Waals surface area contributed by atoms with Crippen molar-refractivity contribution >= 4 is 5.91 Å². The van der Waals surface area contributed by atoms with Crippen molar-refractivity contribution in [1.82, 2.24) is 15.1 Å². The van der Waals surface area contributed by atoms with Crippen LogP contribution in [0.3, 0.4) is 0 Å². The van der Waals surface area contributed by atoms with Crippen LogP contribution in [0.15, 0.2) is 36.5 Å². The molecule has 0 saturated carbocycles. The largest absolute Gasteiger partial charge is 0.396 e. The standard InChI is InChI=1S/C19H25N3O2/c1-14(9-10-23)22(13-15-5-3-2-4-6-15)19(24)16-7-8-17-12-20-21-18(17)11-16/h2-6,12,14,16,23H,7-11,13H2,1H3,(H,20,21). The number of nitrogens with zero attached hydrogens (tertiary/aromatic N) is 2. The summed E-state index contributed by atoms with van der Waals surface area (Å²) in [4.78, 5) is 15.1. The number of aromatic amines is 1. The Balaban J connectivity index is 1.76. The van der Waals surface area contributed by atoms with E-state index in [1.165, 1.54) is 5.56 Å². The van der Waals surface area contributed by atoms with Gasteiger partial charge in [-0.3, -0.25) is 9.89 Å². The van der Waals surface area contributed by atoms with Gasteiger partial charge in [-0.2, -0.15) is 5.10 Å². The van der Waals surface area contributed by atoms with Gasteiger partial charge in [-0.05, 0) is 37.3 Å². The van der Waals surface area contributed by atoms with Gasteiger partial charge in [0.2, 0.25) is 5.91 Å². The first-order valence-electron chi connectivity index (χ1n) is 8.65. The summed E-state index contributed by atoms with van der Waals surface area (Å²) in [6.45, 7) is 2.70. The van der Waals surface area contributed by atoms with Crippen molar-refractivity contribution in [3.05, 3.63) is 53.3 Å². The fraction of sp³-hybridized carbons (Fsp3) is 0.474. The number of benzene rings is 1. The number of hydrogen-bond donors (Lipinski definition) is 2. The highest BCUT2D eigenvalue weighted by Gasteiger charge is 2.31. The lowest BCUT2D eigenvalue weighted by Crippen LogP contribution is -2.43. The SMILES string of the molecule is CC(CCO)N(Cc1ccccc1)C(=O)C1CCc2cn[nH]c2C1. The van der Waals surface area contributed by atoms with Crippen LogP contribution in [0, 0.1) is 5.92 Å². The highest BCUT2D eigenvalue weighted by Crippen LogP contribution is 2.27. The second-order valence-corrected chi connectivity index (χ2v) is 6.63. The summed E-state index contributed by atoms with van der Waals surface area (Å²) in [5.74, 6) is 0.169. The first-order chi connectivity index (χ1) is 11.7. The Hall–Kier alpha value is -2.14. The monoisotopic (exact) mass is 327 g/mol. The Morgan fingerprint density at radius 1 is 1.42 bits per heavy atom. The number of aryl methyl sites for hydroxylation is 1.